The van der Waals surface area contributed by atoms with Gasteiger partial charge in [0, 0.05) is 15.9 Å². The Morgan fingerprint density at radius 2 is 2.07 bits per heavy atom. The van der Waals surface area contributed by atoms with Crippen molar-refractivity contribution < 1.29 is 5.11 Å². The standard InChI is InChI=1S/C9H5BrClNO2/c10-5-2-7-4(1-6(5)11)8(13)3-9(14)12-7/h1-3H,(H2,12,13,14). The van der Waals surface area contributed by atoms with E-state index in [0.29, 0.717) is 20.4 Å². The van der Waals surface area contributed by atoms with Crippen molar-refractivity contribution in [3.8, 4) is 5.75 Å². The van der Waals surface area contributed by atoms with Crippen LogP contribution in [0.3, 0.4) is 0 Å². The summed E-state index contributed by atoms with van der Waals surface area (Å²) in [5.74, 6) is -0.0712. The van der Waals surface area contributed by atoms with E-state index in [4.69, 9.17) is 11.6 Å². The summed E-state index contributed by atoms with van der Waals surface area (Å²) >= 11 is 9.08. The van der Waals surface area contributed by atoms with E-state index in [-0.39, 0.29) is 11.3 Å². The lowest BCUT2D eigenvalue weighted by atomic mass is 10.2. The molecule has 0 saturated heterocycles. The second-order valence-electron chi connectivity index (χ2n) is 2.83. The molecule has 1 heterocycles. The van der Waals surface area contributed by atoms with Gasteiger partial charge in [-0.3, -0.25) is 4.79 Å². The average molecular weight is 275 g/mol. The quantitative estimate of drug-likeness (QED) is 0.776. The van der Waals surface area contributed by atoms with Crippen LogP contribution in [0.1, 0.15) is 0 Å². The molecular weight excluding hydrogens is 269 g/mol. The molecular formula is C9H5BrClNO2. The highest BCUT2D eigenvalue weighted by Gasteiger charge is 2.05. The fourth-order valence-corrected chi connectivity index (χ4v) is 1.74. The third-order valence-corrected chi connectivity index (χ3v) is 3.06. The molecule has 0 bridgehead atoms. The fraction of sp³-hybridized carbons (Fsp3) is 0. The van der Waals surface area contributed by atoms with Crippen LogP contribution in [-0.4, -0.2) is 10.1 Å². The number of hydrogen-bond donors (Lipinski definition) is 2. The Balaban J connectivity index is 2.96. The molecule has 0 radical (unpaired) electrons. The van der Waals surface area contributed by atoms with Gasteiger partial charge >= 0.3 is 0 Å². The molecule has 0 atom stereocenters. The van der Waals surface area contributed by atoms with Crippen molar-refractivity contribution in [1.29, 1.82) is 0 Å². The van der Waals surface area contributed by atoms with Crippen LogP contribution in [0.5, 0.6) is 5.75 Å². The summed E-state index contributed by atoms with van der Waals surface area (Å²) in [5, 5.41) is 10.5. The molecule has 3 nitrogen and oxygen atoms in total. The molecule has 0 aliphatic carbocycles. The molecule has 72 valence electrons. The van der Waals surface area contributed by atoms with Gasteiger partial charge in [0.2, 0.25) is 0 Å². The molecule has 0 aliphatic heterocycles. The number of aromatic nitrogens is 1. The van der Waals surface area contributed by atoms with Gasteiger partial charge in [-0.1, -0.05) is 11.6 Å². The van der Waals surface area contributed by atoms with E-state index in [1.165, 1.54) is 0 Å². The lowest BCUT2D eigenvalue weighted by molar-refractivity contribution is 0.480. The van der Waals surface area contributed by atoms with E-state index in [1.807, 2.05) is 0 Å². The molecule has 1 aromatic carbocycles. The maximum atomic E-state index is 11.0. The first-order valence-corrected chi connectivity index (χ1v) is 4.96. The Labute approximate surface area is 92.5 Å². The molecule has 1 aromatic heterocycles. The second-order valence-corrected chi connectivity index (χ2v) is 4.09. The topological polar surface area (TPSA) is 53.1 Å². The van der Waals surface area contributed by atoms with Crippen LogP contribution in [-0.2, 0) is 0 Å². The van der Waals surface area contributed by atoms with Gasteiger partial charge in [-0.05, 0) is 28.1 Å². The molecule has 5 heteroatoms. The van der Waals surface area contributed by atoms with Crippen molar-refractivity contribution in [3.63, 3.8) is 0 Å². The van der Waals surface area contributed by atoms with Crippen molar-refractivity contribution in [3.05, 3.63) is 38.0 Å². The first-order chi connectivity index (χ1) is 6.58. The molecule has 14 heavy (non-hydrogen) atoms. The van der Waals surface area contributed by atoms with Crippen LogP contribution in [0.25, 0.3) is 10.9 Å². The van der Waals surface area contributed by atoms with Gasteiger partial charge in [0.25, 0.3) is 5.56 Å². The van der Waals surface area contributed by atoms with Crippen molar-refractivity contribution in [2.24, 2.45) is 0 Å². The monoisotopic (exact) mass is 273 g/mol. The van der Waals surface area contributed by atoms with E-state index in [1.54, 1.807) is 12.1 Å². The highest BCUT2D eigenvalue weighted by Crippen LogP contribution is 2.30. The predicted molar refractivity (Wildman–Crippen MR) is 58.9 cm³/mol. The molecule has 0 fully saturated rings. The molecule has 0 spiro atoms. The maximum absolute atomic E-state index is 11.0. The Bertz CT molecular complexity index is 564. The van der Waals surface area contributed by atoms with Gasteiger partial charge in [-0.2, -0.15) is 0 Å². The third kappa shape index (κ3) is 1.51. The molecule has 0 amide bonds. The van der Waals surface area contributed by atoms with E-state index < -0.39 is 0 Å². The minimum Gasteiger partial charge on any atom is -0.507 e. The van der Waals surface area contributed by atoms with Crippen LogP contribution in [0.2, 0.25) is 5.02 Å². The van der Waals surface area contributed by atoms with Crippen molar-refractivity contribution >= 4 is 38.4 Å². The van der Waals surface area contributed by atoms with Crippen LogP contribution in [0.4, 0.5) is 0 Å². The second kappa shape index (κ2) is 3.29. The zero-order chi connectivity index (χ0) is 10.3. The van der Waals surface area contributed by atoms with Gasteiger partial charge in [0.15, 0.2) is 0 Å². The number of benzene rings is 1. The molecule has 2 N–H and O–H groups in total. The number of nitrogens with one attached hydrogen (secondary N) is 1. The predicted octanol–water partition coefficient (Wildman–Crippen LogP) is 2.65. The highest BCUT2D eigenvalue weighted by atomic mass is 79.9. The summed E-state index contributed by atoms with van der Waals surface area (Å²) in [6.45, 7) is 0. The zero-order valence-electron chi connectivity index (χ0n) is 6.84. The number of H-pyrrole nitrogens is 1. The molecule has 0 unspecified atom stereocenters. The zero-order valence-corrected chi connectivity index (χ0v) is 9.19. The summed E-state index contributed by atoms with van der Waals surface area (Å²) in [6, 6.07) is 4.36. The molecule has 2 aromatic rings. The first kappa shape index (κ1) is 9.55. The number of pyridine rings is 1. The Morgan fingerprint density at radius 1 is 1.36 bits per heavy atom. The summed E-state index contributed by atoms with van der Waals surface area (Å²) in [5.41, 5.74) is 0.204. The molecule has 0 saturated carbocycles. The fourth-order valence-electron chi connectivity index (χ4n) is 1.23. The summed E-state index contributed by atoms with van der Waals surface area (Å²) in [6.07, 6.45) is 0. The van der Waals surface area contributed by atoms with Crippen molar-refractivity contribution in [1.82, 2.24) is 4.98 Å². The van der Waals surface area contributed by atoms with Gasteiger partial charge in [-0.15, -0.1) is 0 Å². The first-order valence-electron chi connectivity index (χ1n) is 3.79. The van der Waals surface area contributed by atoms with Gasteiger partial charge in [-0.25, -0.2) is 0 Å². The lowest BCUT2D eigenvalue weighted by Gasteiger charge is -2.02. The van der Waals surface area contributed by atoms with Gasteiger partial charge in [0.1, 0.15) is 5.75 Å². The van der Waals surface area contributed by atoms with Crippen LogP contribution >= 0.6 is 27.5 Å². The maximum Gasteiger partial charge on any atom is 0.252 e. The van der Waals surface area contributed by atoms with Gasteiger partial charge in [0.05, 0.1) is 10.5 Å². The number of aromatic amines is 1. The average Bonchev–Trinajstić information content (AvgIpc) is 2.08. The summed E-state index contributed by atoms with van der Waals surface area (Å²) in [4.78, 5) is 13.6. The minimum absolute atomic E-state index is 0.0712. The number of halogens is 2. The van der Waals surface area contributed by atoms with Crippen LogP contribution in [0.15, 0.2) is 27.5 Å². The summed E-state index contributed by atoms with van der Waals surface area (Å²) in [7, 11) is 0. The van der Waals surface area contributed by atoms with Crippen molar-refractivity contribution in [2.75, 3.05) is 0 Å². The Morgan fingerprint density at radius 3 is 2.79 bits per heavy atom. The van der Waals surface area contributed by atoms with E-state index in [0.717, 1.165) is 6.07 Å². The van der Waals surface area contributed by atoms with Gasteiger partial charge < -0.3 is 10.1 Å². The van der Waals surface area contributed by atoms with E-state index >= 15 is 0 Å². The van der Waals surface area contributed by atoms with Crippen LogP contribution < -0.4 is 5.56 Å². The SMILES string of the molecule is O=c1cc(O)c2cc(Cl)c(Br)cc2[nH]1. The number of aromatic hydroxyl groups is 1. The Hall–Kier alpha value is -1.00. The smallest absolute Gasteiger partial charge is 0.252 e. The summed E-state index contributed by atoms with van der Waals surface area (Å²) < 4.78 is 0.674. The number of hydrogen-bond acceptors (Lipinski definition) is 2. The van der Waals surface area contributed by atoms with Crippen LogP contribution in [0, 0.1) is 0 Å². The molecule has 0 aliphatic rings. The van der Waals surface area contributed by atoms with E-state index in [2.05, 4.69) is 20.9 Å². The molecule has 2 rings (SSSR count). The largest absolute Gasteiger partial charge is 0.507 e. The highest BCUT2D eigenvalue weighted by molar-refractivity contribution is 9.10. The van der Waals surface area contributed by atoms with Crippen molar-refractivity contribution in [2.45, 2.75) is 0 Å². The van der Waals surface area contributed by atoms with E-state index in [9.17, 15) is 9.90 Å². The third-order valence-electron chi connectivity index (χ3n) is 1.86. The Kier molecular flexibility index (Phi) is 2.25. The number of fused-ring (bicyclic) bond motifs is 1. The number of rotatable bonds is 0. The lowest BCUT2D eigenvalue weighted by Crippen LogP contribution is -2.02. The minimum atomic E-state index is -0.343. The normalized spacial score (nSPS) is 10.7.